The van der Waals surface area contributed by atoms with Gasteiger partial charge in [-0.2, -0.15) is 5.26 Å². The van der Waals surface area contributed by atoms with Gasteiger partial charge in [0.2, 0.25) is 5.88 Å². The molecule has 4 nitrogen and oxygen atoms in total. The topological polar surface area (TPSA) is 57.9 Å². The third-order valence-corrected chi connectivity index (χ3v) is 1.75. The molecule has 1 aromatic heterocycles. The van der Waals surface area contributed by atoms with Crippen molar-refractivity contribution in [3.05, 3.63) is 23.9 Å². The SMILES string of the molecule is COc1ccc(CNCCC#N)cn1. The first kappa shape index (κ1) is 10.5. The zero-order chi connectivity index (χ0) is 10.2. The second-order valence-electron chi connectivity index (χ2n) is 2.79. The molecule has 1 N–H and O–H groups in total. The lowest BCUT2D eigenvalue weighted by Gasteiger charge is -2.03. The number of nitrogens with one attached hydrogen (secondary N) is 1. The minimum Gasteiger partial charge on any atom is -0.481 e. The van der Waals surface area contributed by atoms with Crippen molar-refractivity contribution in [2.45, 2.75) is 13.0 Å². The van der Waals surface area contributed by atoms with E-state index in [1.165, 1.54) is 0 Å². The molecule has 0 aromatic carbocycles. The van der Waals surface area contributed by atoms with Crippen LogP contribution in [0.4, 0.5) is 0 Å². The molecule has 0 atom stereocenters. The van der Waals surface area contributed by atoms with Crippen LogP contribution in [0.2, 0.25) is 0 Å². The van der Waals surface area contributed by atoms with Gasteiger partial charge in [0, 0.05) is 31.8 Å². The third-order valence-electron chi connectivity index (χ3n) is 1.75. The van der Waals surface area contributed by atoms with Gasteiger partial charge in [-0.3, -0.25) is 0 Å². The molecule has 4 heteroatoms. The van der Waals surface area contributed by atoms with E-state index < -0.39 is 0 Å². The largest absolute Gasteiger partial charge is 0.481 e. The van der Waals surface area contributed by atoms with Crippen LogP contribution >= 0.6 is 0 Å². The fraction of sp³-hybridized carbons (Fsp3) is 0.400. The van der Waals surface area contributed by atoms with E-state index >= 15 is 0 Å². The van der Waals surface area contributed by atoms with Gasteiger partial charge in [-0.15, -0.1) is 0 Å². The summed E-state index contributed by atoms with van der Waals surface area (Å²) in [6, 6.07) is 5.84. The number of nitrogens with zero attached hydrogens (tertiary/aromatic N) is 2. The number of ether oxygens (including phenoxy) is 1. The maximum Gasteiger partial charge on any atom is 0.212 e. The summed E-state index contributed by atoms with van der Waals surface area (Å²) < 4.78 is 4.94. The van der Waals surface area contributed by atoms with Crippen LogP contribution in [-0.4, -0.2) is 18.6 Å². The zero-order valence-electron chi connectivity index (χ0n) is 8.16. The molecule has 74 valence electrons. The summed E-state index contributed by atoms with van der Waals surface area (Å²) in [5, 5.41) is 11.4. The first-order valence-electron chi connectivity index (χ1n) is 4.43. The molecule has 0 amide bonds. The van der Waals surface area contributed by atoms with E-state index in [0.717, 1.165) is 12.1 Å². The normalized spacial score (nSPS) is 9.43. The van der Waals surface area contributed by atoms with Crippen LogP contribution < -0.4 is 10.1 Å². The Morgan fingerprint density at radius 3 is 3.00 bits per heavy atom. The number of hydrogen-bond acceptors (Lipinski definition) is 4. The Morgan fingerprint density at radius 1 is 1.57 bits per heavy atom. The molecule has 0 unspecified atom stereocenters. The fourth-order valence-corrected chi connectivity index (χ4v) is 1.01. The van der Waals surface area contributed by atoms with Crippen LogP contribution in [0, 0.1) is 11.3 Å². The Balaban J connectivity index is 2.33. The Bertz CT molecular complexity index is 302. The zero-order valence-corrected chi connectivity index (χ0v) is 8.16. The predicted molar refractivity (Wildman–Crippen MR) is 52.7 cm³/mol. The Kier molecular flexibility index (Phi) is 4.45. The maximum absolute atomic E-state index is 8.31. The van der Waals surface area contributed by atoms with Crippen molar-refractivity contribution in [2.75, 3.05) is 13.7 Å². The minimum absolute atomic E-state index is 0.531. The highest BCUT2D eigenvalue weighted by Gasteiger charge is 1.94. The number of hydrogen-bond donors (Lipinski definition) is 1. The van der Waals surface area contributed by atoms with Gasteiger partial charge in [-0.05, 0) is 5.56 Å². The average molecular weight is 191 g/mol. The summed E-state index contributed by atoms with van der Waals surface area (Å²) in [7, 11) is 1.59. The van der Waals surface area contributed by atoms with Crippen molar-refractivity contribution in [2.24, 2.45) is 0 Å². The molecule has 0 aliphatic carbocycles. The molecule has 1 heterocycles. The molecular formula is C10H13N3O. The molecule has 1 rings (SSSR count). The highest BCUT2D eigenvalue weighted by atomic mass is 16.5. The molecule has 0 fully saturated rings. The predicted octanol–water partition coefficient (Wildman–Crippen LogP) is 1.09. The minimum atomic E-state index is 0.531. The maximum atomic E-state index is 8.31. The summed E-state index contributed by atoms with van der Waals surface area (Å²) in [5.74, 6) is 0.616. The highest BCUT2D eigenvalue weighted by Crippen LogP contribution is 2.05. The van der Waals surface area contributed by atoms with E-state index in [1.807, 2.05) is 12.1 Å². The fourth-order valence-electron chi connectivity index (χ4n) is 1.01. The molecular weight excluding hydrogens is 178 g/mol. The monoisotopic (exact) mass is 191 g/mol. The van der Waals surface area contributed by atoms with E-state index in [9.17, 15) is 0 Å². The van der Waals surface area contributed by atoms with E-state index in [-0.39, 0.29) is 0 Å². The van der Waals surface area contributed by atoms with E-state index in [4.69, 9.17) is 10.00 Å². The lowest BCUT2D eigenvalue weighted by Crippen LogP contribution is -2.14. The van der Waals surface area contributed by atoms with Crippen molar-refractivity contribution >= 4 is 0 Å². The molecule has 0 bridgehead atoms. The van der Waals surface area contributed by atoms with Gasteiger partial charge < -0.3 is 10.1 Å². The first-order chi connectivity index (χ1) is 6.86. The second-order valence-corrected chi connectivity index (χ2v) is 2.79. The van der Waals surface area contributed by atoms with Gasteiger partial charge in [0.1, 0.15) is 0 Å². The molecule has 0 radical (unpaired) electrons. The highest BCUT2D eigenvalue weighted by molar-refractivity contribution is 5.17. The Hall–Kier alpha value is -1.60. The van der Waals surface area contributed by atoms with E-state index in [1.54, 1.807) is 13.3 Å². The van der Waals surface area contributed by atoms with Crippen LogP contribution in [0.1, 0.15) is 12.0 Å². The van der Waals surface area contributed by atoms with Crippen LogP contribution in [-0.2, 0) is 6.54 Å². The smallest absolute Gasteiger partial charge is 0.212 e. The van der Waals surface area contributed by atoms with Crippen molar-refractivity contribution in [1.82, 2.24) is 10.3 Å². The number of nitriles is 1. The van der Waals surface area contributed by atoms with Crippen molar-refractivity contribution in [1.29, 1.82) is 5.26 Å². The Labute approximate surface area is 83.5 Å². The third kappa shape index (κ3) is 3.42. The number of aromatic nitrogens is 1. The summed E-state index contributed by atoms with van der Waals surface area (Å²) in [6.45, 7) is 1.45. The number of rotatable bonds is 5. The summed E-state index contributed by atoms with van der Waals surface area (Å²) in [6.07, 6.45) is 2.29. The summed E-state index contributed by atoms with van der Waals surface area (Å²) in [4.78, 5) is 4.07. The Morgan fingerprint density at radius 2 is 2.43 bits per heavy atom. The summed E-state index contributed by atoms with van der Waals surface area (Å²) in [5.41, 5.74) is 1.09. The van der Waals surface area contributed by atoms with Crippen LogP contribution in [0.3, 0.4) is 0 Å². The van der Waals surface area contributed by atoms with Crippen LogP contribution in [0.5, 0.6) is 5.88 Å². The lowest BCUT2D eigenvalue weighted by atomic mass is 10.3. The van der Waals surface area contributed by atoms with Gasteiger partial charge in [0.15, 0.2) is 0 Å². The molecule has 0 spiro atoms. The van der Waals surface area contributed by atoms with E-state index in [2.05, 4.69) is 16.4 Å². The van der Waals surface area contributed by atoms with Gasteiger partial charge in [0.25, 0.3) is 0 Å². The average Bonchev–Trinajstić information content (AvgIpc) is 2.25. The van der Waals surface area contributed by atoms with Gasteiger partial charge >= 0.3 is 0 Å². The van der Waals surface area contributed by atoms with Crippen molar-refractivity contribution < 1.29 is 4.74 Å². The van der Waals surface area contributed by atoms with Crippen molar-refractivity contribution in [3.63, 3.8) is 0 Å². The molecule has 14 heavy (non-hydrogen) atoms. The van der Waals surface area contributed by atoms with Crippen LogP contribution in [0.15, 0.2) is 18.3 Å². The van der Waals surface area contributed by atoms with Gasteiger partial charge in [-0.25, -0.2) is 4.98 Å². The molecule has 0 saturated carbocycles. The standard InChI is InChI=1S/C10H13N3O/c1-14-10-4-3-9(8-13-10)7-12-6-2-5-11/h3-4,8,12H,2,6-7H2,1H3. The lowest BCUT2D eigenvalue weighted by molar-refractivity contribution is 0.397. The number of methoxy groups -OCH3 is 1. The van der Waals surface area contributed by atoms with E-state index in [0.29, 0.717) is 18.8 Å². The molecule has 0 saturated heterocycles. The molecule has 0 aliphatic heterocycles. The second kappa shape index (κ2) is 5.95. The van der Waals surface area contributed by atoms with Gasteiger partial charge in [0.05, 0.1) is 13.2 Å². The molecule has 0 aliphatic rings. The first-order valence-corrected chi connectivity index (χ1v) is 4.43. The number of pyridine rings is 1. The van der Waals surface area contributed by atoms with Crippen molar-refractivity contribution in [3.8, 4) is 11.9 Å². The van der Waals surface area contributed by atoms with Crippen LogP contribution in [0.25, 0.3) is 0 Å². The summed E-state index contributed by atoms with van der Waals surface area (Å²) >= 11 is 0. The quantitative estimate of drug-likeness (QED) is 0.708. The molecule has 1 aromatic rings. The van der Waals surface area contributed by atoms with Gasteiger partial charge in [-0.1, -0.05) is 6.07 Å².